The predicted molar refractivity (Wildman–Crippen MR) is 103 cm³/mol. The zero-order chi connectivity index (χ0) is 20.3. The van der Waals surface area contributed by atoms with Gasteiger partial charge in [0.1, 0.15) is 23.7 Å². The Morgan fingerprint density at radius 2 is 1.89 bits per heavy atom. The molecular weight excluding hydrogens is 360 g/mol. The Balaban J connectivity index is 1.65. The van der Waals surface area contributed by atoms with Crippen LogP contribution in [0.2, 0.25) is 0 Å². The van der Waals surface area contributed by atoms with Crippen molar-refractivity contribution in [2.75, 3.05) is 0 Å². The van der Waals surface area contributed by atoms with Gasteiger partial charge < -0.3 is 13.6 Å². The van der Waals surface area contributed by atoms with Gasteiger partial charge in [-0.25, -0.2) is 4.79 Å². The third kappa shape index (κ3) is 4.39. The highest BCUT2D eigenvalue weighted by atomic mass is 16.5. The van der Waals surface area contributed by atoms with E-state index in [4.69, 9.17) is 13.6 Å². The third-order valence-electron chi connectivity index (χ3n) is 4.62. The molecule has 0 aliphatic carbocycles. The molecule has 0 radical (unpaired) electrons. The van der Waals surface area contributed by atoms with Crippen LogP contribution in [0.25, 0.3) is 11.0 Å². The SMILES string of the molecule is CCc1ccc2c(COC(=O)CCc3cc(C(C)=O)c(C)o3)cc(=O)oc2c1. The minimum atomic E-state index is -0.477. The van der Waals surface area contributed by atoms with Gasteiger partial charge in [-0.05, 0) is 38.0 Å². The lowest BCUT2D eigenvalue weighted by Crippen LogP contribution is -2.08. The average molecular weight is 382 g/mol. The number of rotatable bonds is 7. The Morgan fingerprint density at radius 1 is 1.11 bits per heavy atom. The largest absolute Gasteiger partial charge is 0.466 e. The van der Waals surface area contributed by atoms with E-state index in [9.17, 15) is 14.4 Å². The van der Waals surface area contributed by atoms with Crippen LogP contribution < -0.4 is 5.63 Å². The smallest absolute Gasteiger partial charge is 0.336 e. The monoisotopic (exact) mass is 382 g/mol. The molecule has 0 atom stereocenters. The lowest BCUT2D eigenvalue weighted by atomic mass is 10.1. The molecule has 0 aliphatic heterocycles. The molecule has 6 nitrogen and oxygen atoms in total. The van der Waals surface area contributed by atoms with Crippen LogP contribution in [0.15, 0.2) is 44.0 Å². The summed E-state index contributed by atoms with van der Waals surface area (Å²) in [6.07, 6.45) is 1.28. The summed E-state index contributed by atoms with van der Waals surface area (Å²) in [5, 5.41) is 0.748. The van der Waals surface area contributed by atoms with E-state index >= 15 is 0 Å². The fourth-order valence-corrected chi connectivity index (χ4v) is 3.09. The minimum Gasteiger partial charge on any atom is -0.466 e. The number of furan rings is 1. The maximum atomic E-state index is 12.1. The summed E-state index contributed by atoms with van der Waals surface area (Å²) in [5.74, 6) is 0.628. The van der Waals surface area contributed by atoms with Crippen LogP contribution in [0.5, 0.6) is 0 Å². The van der Waals surface area contributed by atoms with E-state index in [2.05, 4.69) is 0 Å². The molecule has 28 heavy (non-hydrogen) atoms. The minimum absolute atomic E-state index is 0.0116. The maximum absolute atomic E-state index is 12.1. The second-order valence-electron chi connectivity index (χ2n) is 6.67. The van der Waals surface area contributed by atoms with Gasteiger partial charge in [0.05, 0.1) is 12.0 Å². The molecule has 3 aromatic rings. The van der Waals surface area contributed by atoms with Gasteiger partial charge in [-0.3, -0.25) is 9.59 Å². The lowest BCUT2D eigenvalue weighted by molar-refractivity contribution is -0.144. The normalized spacial score (nSPS) is 11.0. The molecule has 0 fully saturated rings. The van der Waals surface area contributed by atoms with E-state index in [1.165, 1.54) is 13.0 Å². The maximum Gasteiger partial charge on any atom is 0.336 e. The van der Waals surface area contributed by atoms with E-state index in [0.29, 0.717) is 34.7 Å². The molecule has 0 unspecified atom stereocenters. The van der Waals surface area contributed by atoms with Crippen LogP contribution in [-0.2, 0) is 29.0 Å². The van der Waals surface area contributed by atoms with Gasteiger partial charge in [-0.1, -0.05) is 19.1 Å². The number of ketones is 1. The number of esters is 1. The molecule has 0 spiro atoms. The van der Waals surface area contributed by atoms with Crippen molar-refractivity contribution in [2.45, 2.75) is 46.6 Å². The molecule has 2 heterocycles. The Hall–Kier alpha value is -3.15. The van der Waals surface area contributed by atoms with Gasteiger partial charge in [0.15, 0.2) is 5.78 Å². The van der Waals surface area contributed by atoms with Gasteiger partial charge in [0.2, 0.25) is 0 Å². The predicted octanol–water partition coefficient (Wildman–Crippen LogP) is 4.14. The van der Waals surface area contributed by atoms with E-state index in [0.717, 1.165) is 17.4 Å². The van der Waals surface area contributed by atoms with Crippen molar-refractivity contribution in [1.29, 1.82) is 0 Å². The Labute approximate surface area is 162 Å². The Morgan fingerprint density at radius 3 is 2.57 bits per heavy atom. The second kappa shape index (κ2) is 8.25. The van der Waals surface area contributed by atoms with Crippen molar-refractivity contribution >= 4 is 22.7 Å². The molecule has 1 aromatic carbocycles. The highest BCUT2D eigenvalue weighted by molar-refractivity contribution is 5.95. The van der Waals surface area contributed by atoms with Gasteiger partial charge in [0, 0.05) is 23.4 Å². The zero-order valence-electron chi connectivity index (χ0n) is 16.2. The number of Topliss-reactive ketones (excluding diaryl/α,β-unsaturated/α-hetero) is 1. The topological polar surface area (TPSA) is 86.7 Å². The summed E-state index contributed by atoms with van der Waals surface area (Å²) < 4.78 is 16.1. The van der Waals surface area contributed by atoms with Gasteiger partial charge in [0.25, 0.3) is 0 Å². The summed E-state index contributed by atoms with van der Waals surface area (Å²) in [4.78, 5) is 35.4. The Bertz CT molecular complexity index is 1090. The van der Waals surface area contributed by atoms with Crippen molar-refractivity contribution in [1.82, 2.24) is 0 Å². The first-order valence-electron chi connectivity index (χ1n) is 9.19. The number of carbonyl (C=O) groups is 2. The first-order valence-corrected chi connectivity index (χ1v) is 9.19. The molecule has 146 valence electrons. The molecular formula is C22H22O6. The van der Waals surface area contributed by atoms with E-state index in [1.54, 1.807) is 13.0 Å². The van der Waals surface area contributed by atoms with E-state index < -0.39 is 11.6 Å². The standard InChI is InChI=1S/C22H22O6/c1-4-15-5-7-18-16(10-22(25)28-20(18)9-15)12-26-21(24)8-6-17-11-19(13(2)23)14(3)27-17/h5,7,9-11H,4,6,8,12H2,1-3H3. The Kier molecular flexibility index (Phi) is 5.78. The first kappa shape index (κ1) is 19.6. The van der Waals surface area contributed by atoms with Crippen LogP contribution in [0.4, 0.5) is 0 Å². The van der Waals surface area contributed by atoms with Crippen molar-refractivity contribution in [3.63, 3.8) is 0 Å². The number of benzene rings is 1. The summed E-state index contributed by atoms with van der Waals surface area (Å²) in [7, 11) is 0. The van der Waals surface area contributed by atoms with E-state index in [1.807, 2.05) is 25.1 Å². The van der Waals surface area contributed by atoms with Gasteiger partial charge >= 0.3 is 11.6 Å². The van der Waals surface area contributed by atoms with Crippen molar-refractivity contribution in [3.05, 3.63) is 69.0 Å². The molecule has 0 N–H and O–H groups in total. The van der Waals surface area contributed by atoms with E-state index in [-0.39, 0.29) is 18.8 Å². The van der Waals surface area contributed by atoms with Crippen molar-refractivity contribution in [2.24, 2.45) is 0 Å². The molecule has 0 aliphatic rings. The number of carbonyl (C=O) groups excluding carboxylic acids is 2. The van der Waals surface area contributed by atoms with Crippen LogP contribution in [0.3, 0.4) is 0 Å². The molecule has 0 amide bonds. The summed E-state index contributed by atoms with van der Waals surface area (Å²) in [6, 6.07) is 8.66. The number of fused-ring (bicyclic) bond motifs is 1. The van der Waals surface area contributed by atoms with Crippen molar-refractivity contribution < 1.29 is 23.2 Å². The lowest BCUT2D eigenvalue weighted by Gasteiger charge is -2.08. The van der Waals surface area contributed by atoms with Crippen LogP contribution in [-0.4, -0.2) is 11.8 Å². The van der Waals surface area contributed by atoms with Gasteiger partial charge in [-0.15, -0.1) is 0 Å². The van der Waals surface area contributed by atoms with Crippen LogP contribution >= 0.6 is 0 Å². The van der Waals surface area contributed by atoms with Gasteiger partial charge in [-0.2, -0.15) is 0 Å². The quantitative estimate of drug-likeness (QED) is 0.347. The summed E-state index contributed by atoms with van der Waals surface area (Å²) >= 11 is 0. The molecule has 0 saturated carbocycles. The molecule has 6 heteroatoms. The first-order chi connectivity index (χ1) is 13.4. The van der Waals surface area contributed by atoms with Crippen molar-refractivity contribution in [3.8, 4) is 0 Å². The second-order valence-corrected chi connectivity index (χ2v) is 6.67. The number of ether oxygens (including phenoxy) is 1. The molecule has 2 aromatic heterocycles. The third-order valence-corrected chi connectivity index (χ3v) is 4.62. The number of hydrogen-bond acceptors (Lipinski definition) is 6. The highest BCUT2D eigenvalue weighted by Gasteiger charge is 2.14. The molecule has 3 rings (SSSR count). The average Bonchev–Trinajstić information content (AvgIpc) is 3.04. The zero-order valence-corrected chi connectivity index (χ0v) is 16.2. The fourth-order valence-electron chi connectivity index (χ4n) is 3.09. The molecule has 0 saturated heterocycles. The highest BCUT2D eigenvalue weighted by Crippen LogP contribution is 2.20. The summed E-state index contributed by atoms with van der Waals surface area (Å²) in [6.45, 7) is 5.20. The molecule has 0 bridgehead atoms. The summed E-state index contributed by atoms with van der Waals surface area (Å²) in [5.41, 5.74) is 2.20. The number of aryl methyl sites for hydroxylation is 3. The van der Waals surface area contributed by atoms with Crippen LogP contribution in [0, 0.1) is 6.92 Å². The van der Waals surface area contributed by atoms with Crippen LogP contribution in [0.1, 0.15) is 53.3 Å². The number of hydrogen-bond donors (Lipinski definition) is 0. The fraction of sp³-hybridized carbons (Fsp3) is 0.318.